The van der Waals surface area contributed by atoms with Crippen LogP contribution in [0.5, 0.6) is 0 Å². The highest BCUT2D eigenvalue weighted by atomic mass is 32.2. The van der Waals surface area contributed by atoms with Gasteiger partial charge in [-0.05, 0) is 29.7 Å². The van der Waals surface area contributed by atoms with Gasteiger partial charge in [0.15, 0.2) is 6.19 Å². The molecular formula is C17H17N3O2S. The minimum Gasteiger partial charge on any atom is -0.309 e. The molecule has 1 heterocycles. The zero-order valence-electron chi connectivity index (χ0n) is 12.5. The number of likely N-dealkylation sites (tertiary alicyclic amines) is 1. The Kier molecular flexibility index (Phi) is 4.33. The van der Waals surface area contributed by atoms with E-state index in [0.29, 0.717) is 19.5 Å². The van der Waals surface area contributed by atoms with Crippen molar-refractivity contribution in [3.63, 3.8) is 0 Å². The molecule has 0 bridgehead atoms. The lowest BCUT2D eigenvalue weighted by Crippen LogP contribution is -2.36. The van der Waals surface area contributed by atoms with Gasteiger partial charge >= 0.3 is 0 Å². The predicted octanol–water partition coefficient (Wildman–Crippen LogP) is 2.19. The van der Waals surface area contributed by atoms with Crippen molar-refractivity contribution in [3.05, 3.63) is 54.6 Å². The molecule has 1 N–H and O–H groups in total. The van der Waals surface area contributed by atoms with Crippen LogP contribution in [-0.4, -0.2) is 32.4 Å². The second-order valence-corrected chi connectivity index (χ2v) is 7.26. The lowest BCUT2D eigenvalue weighted by molar-refractivity contribution is 0.470. The molecule has 1 saturated heterocycles. The van der Waals surface area contributed by atoms with Crippen LogP contribution < -0.4 is 4.72 Å². The Morgan fingerprint density at radius 2 is 1.70 bits per heavy atom. The van der Waals surface area contributed by atoms with Gasteiger partial charge < -0.3 is 4.90 Å². The summed E-state index contributed by atoms with van der Waals surface area (Å²) in [5.74, 6) is 0. The van der Waals surface area contributed by atoms with Crippen LogP contribution in [0.3, 0.4) is 0 Å². The van der Waals surface area contributed by atoms with E-state index in [9.17, 15) is 8.42 Å². The molecular weight excluding hydrogens is 310 g/mol. The molecule has 0 spiro atoms. The Labute approximate surface area is 136 Å². The summed E-state index contributed by atoms with van der Waals surface area (Å²) >= 11 is 0. The SMILES string of the molecule is N#CN1CC[C@@H](NS(=O)(=O)c2ccc(-c3ccccc3)cc2)C1. The highest BCUT2D eigenvalue weighted by Gasteiger charge is 2.26. The largest absolute Gasteiger partial charge is 0.309 e. The van der Waals surface area contributed by atoms with Gasteiger partial charge in [0.05, 0.1) is 4.90 Å². The summed E-state index contributed by atoms with van der Waals surface area (Å²) in [6.45, 7) is 1.02. The van der Waals surface area contributed by atoms with E-state index in [1.165, 1.54) is 0 Å². The quantitative estimate of drug-likeness (QED) is 0.874. The molecule has 23 heavy (non-hydrogen) atoms. The van der Waals surface area contributed by atoms with Crippen molar-refractivity contribution in [2.24, 2.45) is 0 Å². The molecule has 118 valence electrons. The van der Waals surface area contributed by atoms with Crippen molar-refractivity contribution in [2.45, 2.75) is 17.4 Å². The first-order chi connectivity index (χ1) is 11.1. The van der Waals surface area contributed by atoms with Gasteiger partial charge in [-0.3, -0.25) is 0 Å². The third-order valence-electron chi connectivity index (χ3n) is 3.92. The second kappa shape index (κ2) is 6.41. The van der Waals surface area contributed by atoms with Crippen molar-refractivity contribution in [1.29, 1.82) is 5.26 Å². The maximum Gasteiger partial charge on any atom is 0.240 e. The van der Waals surface area contributed by atoms with Gasteiger partial charge in [0.25, 0.3) is 0 Å². The number of nitrogens with one attached hydrogen (secondary N) is 1. The maximum absolute atomic E-state index is 12.4. The summed E-state index contributed by atoms with van der Waals surface area (Å²) in [5.41, 5.74) is 2.02. The fourth-order valence-corrected chi connectivity index (χ4v) is 3.95. The third kappa shape index (κ3) is 3.52. The predicted molar refractivity (Wildman–Crippen MR) is 87.8 cm³/mol. The lowest BCUT2D eigenvalue weighted by atomic mass is 10.1. The number of sulfonamides is 1. The van der Waals surface area contributed by atoms with Gasteiger partial charge in [-0.1, -0.05) is 42.5 Å². The normalized spacial score (nSPS) is 17.9. The summed E-state index contributed by atoms with van der Waals surface area (Å²) in [5, 5.41) is 8.84. The number of nitrogens with zero attached hydrogens (tertiary/aromatic N) is 2. The molecule has 1 aliphatic rings. The van der Waals surface area contributed by atoms with Gasteiger partial charge in [-0.25, -0.2) is 13.1 Å². The summed E-state index contributed by atoms with van der Waals surface area (Å²) in [6.07, 6.45) is 2.69. The molecule has 0 unspecified atom stereocenters. The Bertz CT molecular complexity index is 811. The third-order valence-corrected chi connectivity index (χ3v) is 5.46. The van der Waals surface area contributed by atoms with E-state index in [1.54, 1.807) is 29.2 Å². The molecule has 5 nitrogen and oxygen atoms in total. The minimum atomic E-state index is -3.56. The fourth-order valence-electron chi connectivity index (χ4n) is 2.69. The molecule has 0 radical (unpaired) electrons. The lowest BCUT2D eigenvalue weighted by Gasteiger charge is -2.13. The van der Waals surface area contributed by atoms with Gasteiger partial charge in [-0.2, -0.15) is 5.26 Å². The Hall–Kier alpha value is -2.36. The van der Waals surface area contributed by atoms with Crippen LogP contribution in [0.15, 0.2) is 59.5 Å². The summed E-state index contributed by atoms with van der Waals surface area (Å²) in [4.78, 5) is 1.80. The van der Waals surface area contributed by atoms with Crippen molar-refractivity contribution in [1.82, 2.24) is 9.62 Å². The van der Waals surface area contributed by atoms with E-state index in [0.717, 1.165) is 11.1 Å². The zero-order chi connectivity index (χ0) is 16.3. The highest BCUT2D eigenvalue weighted by Crippen LogP contribution is 2.21. The number of benzene rings is 2. The second-order valence-electron chi connectivity index (χ2n) is 5.54. The topological polar surface area (TPSA) is 73.2 Å². The van der Waals surface area contributed by atoms with Crippen LogP contribution in [0.4, 0.5) is 0 Å². The molecule has 2 aromatic carbocycles. The first-order valence-electron chi connectivity index (χ1n) is 7.41. The van der Waals surface area contributed by atoms with E-state index in [2.05, 4.69) is 4.72 Å². The van der Waals surface area contributed by atoms with Gasteiger partial charge in [-0.15, -0.1) is 0 Å². The zero-order valence-corrected chi connectivity index (χ0v) is 13.3. The molecule has 0 aliphatic carbocycles. The highest BCUT2D eigenvalue weighted by molar-refractivity contribution is 7.89. The number of nitriles is 1. The molecule has 1 atom stereocenters. The molecule has 1 aliphatic heterocycles. The minimum absolute atomic E-state index is 0.214. The standard InChI is InChI=1S/C17H17N3O2S/c18-13-20-11-10-16(12-20)19-23(21,22)17-8-6-15(7-9-17)14-4-2-1-3-5-14/h1-9,16,19H,10-12H2/t16-/m1/s1. The monoisotopic (exact) mass is 327 g/mol. The van der Waals surface area contributed by atoms with Crippen molar-refractivity contribution < 1.29 is 8.42 Å². The molecule has 3 rings (SSSR count). The van der Waals surface area contributed by atoms with Crippen LogP contribution >= 0.6 is 0 Å². The van der Waals surface area contributed by atoms with Crippen LogP contribution in [-0.2, 0) is 10.0 Å². The number of hydrogen-bond donors (Lipinski definition) is 1. The number of hydrogen-bond acceptors (Lipinski definition) is 4. The Morgan fingerprint density at radius 3 is 2.30 bits per heavy atom. The van der Waals surface area contributed by atoms with Gasteiger partial charge in [0.1, 0.15) is 0 Å². The van der Waals surface area contributed by atoms with Gasteiger partial charge in [0.2, 0.25) is 10.0 Å². The summed E-state index contributed by atoms with van der Waals surface area (Å²) in [6, 6.07) is 16.4. The average Bonchev–Trinajstić information content (AvgIpc) is 3.03. The first-order valence-corrected chi connectivity index (χ1v) is 8.89. The van der Waals surface area contributed by atoms with Crippen molar-refractivity contribution in [2.75, 3.05) is 13.1 Å². The van der Waals surface area contributed by atoms with E-state index in [1.807, 2.05) is 36.5 Å². The molecule has 0 amide bonds. The van der Waals surface area contributed by atoms with Crippen LogP contribution in [0.2, 0.25) is 0 Å². The summed E-state index contributed by atoms with van der Waals surface area (Å²) < 4.78 is 27.5. The van der Waals surface area contributed by atoms with E-state index >= 15 is 0 Å². The average molecular weight is 327 g/mol. The number of rotatable bonds is 4. The maximum atomic E-state index is 12.4. The van der Waals surface area contributed by atoms with Gasteiger partial charge in [0, 0.05) is 19.1 Å². The smallest absolute Gasteiger partial charge is 0.240 e. The summed E-state index contributed by atoms with van der Waals surface area (Å²) in [7, 11) is -3.56. The van der Waals surface area contributed by atoms with Crippen LogP contribution in [0.1, 0.15) is 6.42 Å². The van der Waals surface area contributed by atoms with Crippen LogP contribution in [0.25, 0.3) is 11.1 Å². The molecule has 0 aromatic heterocycles. The molecule has 0 saturated carbocycles. The van der Waals surface area contributed by atoms with Crippen LogP contribution in [0, 0.1) is 11.5 Å². The van der Waals surface area contributed by atoms with Crippen molar-refractivity contribution in [3.8, 4) is 17.3 Å². The Balaban J connectivity index is 1.75. The fraction of sp³-hybridized carbons (Fsp3) is 0.235. The molecule has 6 heteroatoms. The van der Waals surface area contributed by atoms with E-state index < -0.39 is 10.0 Å². The van der Waals surface area contributed by atoms with E-state index in [-0.39, 0.29) is 10.9 Å². The Morgan fingerprint density at radius 1 is 1.04 bits per heavy atom. The molecule has 2 aromatic rings. The molecule has 1 fully saturated rings. The first kappa shape index (κ1) is 15.5. The van der Waals surface area contributed by atoms with E-state index in [4.69, 9.17) is 5.26 Å². The van der Waals surface area contributed by atoms with Crippen molar-refractivity contribution >= 4 is 10.0 Å².